The standard InChI is InChI=1S/C13H13IN6O5S2/c14-1-5-4-26-11-8(10(22)20(11)9(5)12(23)24)18-7(21)2-16-25-3-6-17-13(15)27-19-6/h2,8,11H,1,3-4H2,(H,18,21)(H,23,24)(H2,15,17,19)/b16-2-/t8-,11-/m1/s1. The maximum Gasteiger partial charge on any atom is 0.352 e. The number of aliphatic carboxylic acids is 1. The van der Waals surface area contributed by atoms with Gasteiger partial charge in [-0.05, 0) is 5.57 Å². The van der Waals surface area contributed by atoms with Crippen LogP contribution in [0.5, 0.6) is 0 Å². The van der Waals surface area contributed by atoms with Crippen LogP contribution in [0.4, 0.5) is 5.13 Å². The normalized spacial score (nSPS) is 21.8. The van der Waals surface area contributed by atoms with E-state index in [4.69, 9.17) is 10.6 Å². The summed E-state index contributed by atoms with van der Waals surface area (Å²) in [6, 6.07) is -0.806. The lowest BCUT2D eigenvalue weighted by molar-refractivity contribution is -0.150. The second kappa shape index (κ2) is 8.39. The Kier molecular flexibility index (Phi) is 6.15. The molecule has 14 heteroatoms. The fourth-order valence-corrected chi connectivity index (χ4v) is 5.26. The van der Waals surface area contributed by atoms with Gasteiger partial charge < -0.3 is 21.0 Å². The van der Waals surface area contributed by atoms with Gasteiger partial charge in [-0.2, -0.15) is 9.36 Å². The quantitative estimate of drug-likeness (QED) is 0.144. The number of nitrogens with one attached hydrogen (secondary N) is 1. The number of carboxylic acids is 1. The number of nitrogen functional groups attached to an aromatic ring is 1. The Bertz CT molecular complexity index is 843. The third kappa shape index (κ3) is 4.16. The van der Waals surface area contributed by atoms with E-state index in [9.17, 15) is 19.5 Å². The molecule has 2 aliphatic heterocycles. The number of thioether (sulfide) groups is 1. The first-order chi connectivity index (χ1) is 12.9. The van der Waals surface area contributed by atoms with Crippen LogP contribution in [0.25, 0.3) is 0 Å². The molecule has 144 valence electrons. The summed E-state index contributed by atoms with van der Waals surface area (Å²) in [6.45, 7) is -0.0437. The first kappa shape index (κ1) is 19.8. The summed E-state index contributed by atoms with van der Waals surface area (Å²) < 4.78 is 4.41. The minimum atomic E-state index is -1.14. The molecule has 27 heavy (non-hydrogen) atoms. The Balaban J connectivity index is 1.54. The van der Waals surface area contributed by atoms with E-state index < -0.39 is 29.2 Å². The highest BCUT2D eigenvalue weighted by atomic mass is 127. The van der Waals surface area contributed by atoms with Crippen molar-refractivity contribution >= 4 is 75.0 Å². The molecule has 11 nitrogen and oxygen atoms in total. The van der Waals surface area contributed by atoms with Gasteiger partial charge in [-0.15, -0.1) is 11.8 Å². The molecule has 2 atom stereocenters. The van der Waals surface area contributed by atoms with Gasteiger partial charge in [0.1, 0.15) is 23.3 Å². The van der Waals surface area contributed by atoms with E-state index in [1.807, 2.05) is 0 Å². The summed E-state index contributed by atoms with van der Waals surface area (Å²) in [4.78, 5) is 45.7. The second-order valence-corrected chi connectivity index (χ2v) is 8.00. The molecule has 4 N–H and O–H groups in total. The van der Waals surface area contributed by atoms with Crippen molar-refractivity contribution in [1.82, 2.24) is 19.6 Å². The van der Waals surface area contributed by atoms with Crippen LogP contribution in [-0.4, -0.2) is 65.0 Å². The number of oxime groups is 1. The number of amides is 2. The number of aromatic nitrogens is 2. The molecule has 1 aromatic rings. The van der Waals surface area contributed by atoms with Crippen LogP contribution in [0.2, 0.25) is 0 Å². The molecule has 2 amide bonds. The van der Waals surface area contributed by atoms with Crippen LogP contribution < -0.4 is 11.1 Å². The van der Waals surface area contributed by atoms with E-state index >= 15 is 0 Å². The fourth-order valence-electron chi connectivity index (χ4n) is 2.48. The van der Waals surface area contributed by atoms with E-state index in [0.717, 1.165) is 17.7 Å². The number of hydrogen-bond acceptors (Lipinski definition) is 10. The Hall–Kier alpha value is -1.94. The van der Waals surface area contributed by atoms with E-state index in [1.54, 1.807) is 0 Å². The number of carbonyl (C=O) groups is 3. The molecule has 3 heterocycles. The number of anilines is 1. The van der Waals surface area contributed by atoms with Crippen LogP contribution in [0.1, 0.15) is 5.82 Å². The van der Waals surface area contributed by atoms with Gasteiger partial charge in [0.15, 0.2) is 17.6 Å². The summed E-state index contributed by atoms with van der Waals surface area (Å²) in [6.07, 6.45) is 0.892. The third-order valence-electron chi connectivity index (χ3n) is 3.63. The van der Waals surface area contributed by atoms with Gasteiger partial charge in [0.05, 0.1) is 0 Å². The van der Waals surface area contributed by atoms with E-state index in [-0.39, 0.29) is 12.3 Å². The van der Waals surface area contributed by atoms with Crippen molar-refractivity contribution < 1.29 is 24.3 Å². The van der Waals surface area contributed by atoms with Crippen molar-refractivity contribution in [1.29, 1.82) is 0 Å². The van der Waals surface area contributed by atoms with E-state index in [1.165, 1.54) is 16.7 Å². The third-order valence-corrected chi connectivity index (χ3v) is 6.47. The molecule has 3 rings (SSSR count). The number of hydrogen-bond donors (Lipinski definition) is 3. The predicted octanol–water partition coefficient (Wildman–Crippen LogP) is -0.204. The Morgan fingerprint density at radius 1 is 1.56 bits per heavy atom. The fraction of sp³-hybridized carbons (Fsp3) is 0.385. The van der Waals surface area contributed by atoms with Crippen LogP contribution in [-0.2, 0) is 25.8 Å². The summed E-state index contributed by atoms with van der Waals surface area (Å²) in [7, 11) is 0. The minimum absolute atomic E-state index is 0.00989. The van der Waals surface area contributed by atoms with Crippen LogP contribution >= 0.6 is 45.9 Å². The van der Waals surface area contributed by atoms with Crippen molar-refractivity contribution in [3.05, 3.63) is 17.1 Å². The average Bonchev–Trinajstić information content (AvgIpc) is 3.06. The summed E-state index contributed by atoms with van der Waals surface area (Å²) >= 11 is 4.49. The van der Waals surface area contributed by atoms with Crippen LogP contribution in [0.3, 0.4) is 0 Å². The molecule has 0 spiro atoms. The number of alkyl halides is 1. The zero-order valence-corrected chi connectivity index (χ0v) is 17.3. The number of carboxylic acid groups (broad SMARTS) is 1. The molecule has 0 unspecified atom stereocenters. The number of nitrogens with two attached hydrogens (primary N) is 1. The average molecular weight is 524 g/mol. The van der Waals surface area contributed by atoms with Crippen molar-refractivity contribution in [2.45, 2.75) is 18.0 Å². The molecule has 0 radical (unpaired) electrons. The smallest absolute Gasteiger partial charge is 0.352 e. The number of carbonyl (C=O) groups excluding carboxylic acids is 2. The molecule has 2 aliphatic rings. The molecule has 1 fully saturated rings. The van der Waals surface area contributed by atoms with Crippen molar-refractivity contribution in [3.63, 3.8) is 0 Å². The molecule has 0 bridgehead atoms. The van der Waals surface area contributed by atoms with Crippen LogP contribution in [0, 0.1) is 0 Å². The first-order valence-electron chi connectivity index (χ1n) is 7.42. The van der Waals surface area contributed by atoms with Gasteiger partial charge in [0.25, 0.3) is 11.8 Å². The van der Waals surface area contributed by atoms with Gasteiger partial charge in [-0.25, -0.2) is 4.79 Å². The molecular weight excluding hydrogens is 511 g/mol. The van der Waals surface area contributed by atoms with Gasteiger partial charge in [-0.3, -0.25) is 14.5 Å². The number of β-lactam (4-membered cyclic amide) rings is 1. The SMILES string of the molecule is Nc1nc(CO/N=C\C(=O)N[C@@H]2C(=O)N3C(C(=O)O)=C(CI)CS[C@H]23)ns1. The van der Waals surface area contributed by atoms with Gasteiger partial charge in [-0.1, -0.05) is 27.7 Å². The number of fused-ring (bicyclic) bond motifs is 1. The number of nitrogens with zero attached hydrogens (tertiary/aromatic N) is 4. The van der Waals surface area contributed by atoms with Gasteiger partial charge in [0, 0.05) is 21.7 Å². The highest BCUT2D eigenvalue weighted by Crippen LogP contribution is 2.40. The first-order valence-corrected chi connectivity index (χ1v) is 10.8. The molecule has 0 aromatic carbocycles. The zero-order chi connectivity index (χ0) is 19.6. The Morgan fingerprint density at radius 3 is 2.96 bits per heavy atom. The topological polar surface area (TPSA) is 160 Å². The molecular formula is C13H13IN6O5S2. The van der Waals surface area contributed by atoms with E-state index in [0.29, 0.717) is 26.7 Å². The molecule has 0 aliphatic carbocycles. The highest BCUT2D eigenvalue weighted by Gasteiger charge is 2.53. The molecule has 1 aromatic heterocycles. The largest absolute Gasteiger partial charge is 0.477 e. The maximum atomic E-state index is 12.3. The number of rotatable bonds is 7. The lowest BCUT2D eigenvalue weighted by Crippen LogP contribution is -2.70. The zero-order valence-electron chi connectivity index (χ0n) is 13.5. The summed E-state index contributed by atoms with van der Waals surface area (Å²) in [5.74, 6) is -1.39. The number of halogens is 1. The minimum Gasteiger partial charge on any atom is -0.477 e. The van der Waals surface area contributed by atoms with Crippen LogP contribution in [0.15, 0.2) is 16.4 Å². The molecule has 0 saturated carbocycles. The Morgan fingerprint density at radius 2 is 2.33 bits per heavy atom. The second-order valence-electron chi connectivity index (χ2n) is 5.34. The van der Waals surface area contributed by atoms with Crippen molar-refractivity contribution in [3.8, 4) is 0 Å². The van der Waals surface area contributed by atoms with Gasteiger partial charge >= 0.3 is 5.97 Å². The lowest BCUT2D eigenvalue weighted by atomic mass is 10.0. The summed E-state index contributed by atoms with van der Waals surface area (Å²) in [5.41, 5.74) is 6.13. The van der Waals surface area contributed by atoms with Gasteiger partial charge in [0.2, 0.25) is 0 Å². The highest BCUT2D eigenvalue weighted by molar-refractivity contribution is 14.1. The Labute approximate surface area is 174 Å². The van der Waals surface area contributed by atoms with E-state index in [2.05, 4.69) is 42.4 Å². The maximum absolute atomic E-state index is 12.3. The monoisotopic (exact) mass is 524 g/mol. The predicted molar refractivity (Wildman–Crippen MR) is 106 cm³/mol. The summed E-state index contributed by atoms with van der Waals surface area (Å²) in [5, 5.41) is 15.2. The van der Waals surface area contributed by atoms with Crippen molar-refractivity contribution in [2.24, 2.45) is 5.16 Å². The lowest BCUT2D eigenvalue weighted by Gasteiger charge is -2.49. The molecule has 1 saturated heterocycles. The van der Waals surface area contributed by atoms with Crippen molar-refractivity contribution in [2.75, 3.05) is 15.9 Å².